The highest BCUT2D eigenvalue weighted by Gasteiger charge is 2.27. The van der Waals surface area contributed by atoms with Crippen molar-refractivity contribution in [3.05, 3.63) is 0 Å². The van der Waals surface area contributed by atoms with Gasteiger partial charge in [-0.2, -0.15) is 0 Å². The first-order chi connectivity index (χ1) is 18.7. The van der Waals surface area contributed by atoms with Crippen molar-refractivity contribution in [2.75, 3.05) is 55.2 Å². The van der Waals surface area contributed by atoms with Crippen molar-refractivity contribution in [3.8, 4) is 0 Å². The van der Waals surface area contributed by atoms with Gasteiger partial charge in [-0.25, -0.2) is 0 Å². The lowest BCUT2D eigenvalue weighted by Crippen LogP contribution is -2.49. The lowest BCUT2D eigenvalue weighted by atomic mass is 10.1. The minimum atomic E-state index is -0.825. The SMILES string of the molecule is NC(C[C@H](N)C(=O)N1CCSC1)C(=O)NCCCCSSC(N)C(=O)NCCCC[C@H](N)C(=O)N1CCSC1. The van der Waals surface area contributed by atoms with Gasteiger partial charge in [0.05, 0.1) is 29.9 Å². The third-order valence-electron chi connectivity index (χ3n) is 6.23. The minimum absolute atomic E-state index is 0.00974. The van der Waals surface area contributed by atoms with Gasteiger partial charge in [0.1, 0.15) is 5.37 Å². The molecule has 2 rings (SSSR count). The molecule has 0 aliphatic carbocycles. The molecule has 4 atom stereocenters. The summed E-state index contributed by atoms with van der Waals surface area (Å²) in [5.41, 5.74) is 23.8. The van der Waals surface area contributed by atoms with Crippen LogP contribution >= 0.6 is 45.1 Å². The summed E-state index contributed by atoms with van der Waals surface area (Å²) < 4.78 is 0. The molecule has 16 heteroatoms. The van der Waals surface area contributed by atoms with Crippen LogP contribution in [-0.4, -0.2) is 112 Å². The van der Waals surface area contributed by atoms with Gasteiger partial charge in [-0.1, -0.05) is 21.6 Å². The maximum Gasteiger partial charge on any atom is 0.248 e. The van der Waals surface area contributed by atoms with E-state index < -0.39 is 23.5 Å². The summed E-state index contributed by atoms with van der Waals surface area (Å²) >= 11 is 3.42. The number of nitrogens with zero attached hydrogens (tertiary/aromatic N) is 2. The van der Waals surface area contributed by atoms with E-state index in [2.05, 4.69) is 10.6 Å². The molecule has 0 spiro atoms. The van der Waals surface area contributed by atoms with Crippen LogP contribution in [0.25, 0.3) is 0 Å². The van der Waals surface area contributed by atoms with Crippen LogP contribution < -0.4 is 33.6 Å². The van der Waals surface area contributed by atoms with Gasteiger partial charge in [-0.3, -0.25) is 19.2 Å². The van der Waals surface area contributed by atoms with Gasteiger partial charge in [0.25, 0.3) is 0 Å². The van der Waals surface area contributed by atoms with Gasteiger partial charge in [-0.05, 0) is 38.5 Å². The fourth-order valence-electron chi connectivity index (χ4n) is 3.84. The van der Waals surface area contributed by atoms with Crippen molar-refractivity contribution in [2.24, 2.45) is 22.9 Å². The zero-order chi connectivity index (χ0) is 28.6. The predicted octanol–water partition coefficient (Wildman–Crippen LogP) is -0.727. The maximum atomic E-state index is 12.3. The summed E-state index contributed by atoms with van der Waals surface area (Å²) in [5, 5.41) is 4.95. The van der Waals surface area contributed by atoms with E-state index in [9.17, 15) is 19.2 Å². The largest absolute Gasteiger partial charge is 0.355 e. The van der Waals surface area contributed by atoms with Crippen molar-refractivity contribution in [1.29, 1.82) is 0 Å². The maximum absolute atomic E-state index is 12.3. The molecule has 12 nitrogen and oxygen atoms in total. The van der Waals surface area contributed by atoms with Crippen molar-refractivity contribution in [2.45, 2.75) is 62.0 Å². The summed E-state index contributed by atoms with van der Waals surface area (Å²) in [5.74, 6) is 3.33. The lowest BCUT2D eigenvalue weighted by Gasteiger charge is -2.21. The quantitative estimate of drug-likeness (QED) is 0.0635. The molecule has 2 aliphatic heterocycles. The highest BCUT2D eigenvalue weighted by Crippen LogP contribution is 2.25. The van der Waals surface area contributed by atoms with E-state index in [4.69, 9.17) is 22.9 Å². The Kier molecular flexibility index (Phi) is 17.0. The number of thioether (sulfide) groups is 2. The first-order valence-corrected chi connectivity index (χ1v) is 18.0. The summed E-state index contributed by atoms with van der Waals surface area (Å²) in [6, 6.07) is -2.08. The predicted molar refractivity (Wildman–Crippen MR) is 164 cm³/mol. The van der Waals surface area contributed by atoms with E-state index in [1.807, 2.05) is 0 Å². The van der Waals surface area contributed by atoms with Crippen LogP contribution in [0.2, 0.25) is 0 Å². The van der Waals surface area contributed by atoms with E-state index in [1.54, 1.807) is 33.3 Å². The second-order valence-corrected chi connectivity index (χ2v) is 14.2. The van der Waals surface area contributed by atoms with Gasteiger partial charge in [0.2, 0.25) is 23.6 Å². The monoisotopic (exact) mass is 624 g/mol. The van der Waals surface area contributed by atoms with Crippen molar-refractivity contribution < 1.29 is 19.2 Å². The van der Waals surface area contributed by atoms with Gasteiger partial charge in [0.15, 0.2) is 0 Å². The van der Waals surface area contributed by atoms with Gasteiger partial charge in [0, 0.05) is 43.4 Å². The molecular weight excluding hydrogens is 581 g/mol. The van der Waals surface area contributed by atoms with Crippen LogP contribution in [0, 0.1) is 0 Å². The van der Waals surface area contributed by atoms with Gasteiger partial charge in [-0.15, -0.1) is 23.5 Å². The third kappa shape index (κ3) is 13.1. The first-order valence-electron chi connectivity index (χ1n) is 13.3. The van der Waals surface area contributed by atoms with Crippen molar-refractivity contribution >= 4 is 68.7 Å². The number of unbranched alkanes of at least 4 members (excludes halogenated alkanes) is 2. The third-order valence-corrected chi connectivity index (χ3v) is 10.7. The van der Waals surface area contributed by atoms with Crippen LogP contribution in [0.15, 0.2) is 0 Å². The average Bonchev–Trinajstić information content (AvgIpc) is 3.66. The molecule has 2 fully saturated rings. The Morgan fingerprint density at radius 2 is 1.31 bits per heavy atom. The molecule has 0 aromatic heterocycles. The summed E-state index contributed by atoms with van der Waals surface area (Å²) in [6.07, 6.45) is 3.80. The molecule has 0 radical (unpaired) electrons. The van der Waals surface area contributed by atoms with Gasteiger partial charge < -0.3 is 43.4 Å². The molecule has 2 saturated heterocycles. The van der Waals surface area contributed by atoms with E-state index in [0.29, 0.717) is 31.9 Å². The summed E-state index contributed by atoms with van der Waals surface area (Å²) in [7, 11) is 2.83. The molecule has 224 valence electrons. The van der Waals surface area contributed by atoms with E-state index in [-0.39, 0.29) is 30.0 Å². The van der Waals surface area contributed by atoms with Crippen LogP contribution in [0.5, 0.6) is 0 Å². The highest BCUT2D eigenvalue weighted by molar-refractivity contribution is 8.77. The Hall–Kier alpha value is -0.880. The Morgan fingerprint density at radius 3 is 1.90 bits per heavy atom. The fraction of sp³-hybridized carbons (Fsp3) is 0.826. The van der Waals surface area contributed by atoms with Crippen molar-refractivity contribution in [3.63, 3.8) is 0 Å². The molecule has 0 saturated carbocycles. The Bertz CT molecular complexity index is 787. The first kappa shape index (κ1) is 34.3. The van der Waals surface area contributed by atoms with Crippen LogP contribution in [0.3, 0.4) is 0 Å². The standard InChI is InChI=1S/C23H44N8O4S4/c24-16(22(34)30-8-11-36-14-30)5-1-2-6-29-21(33)19(27)39-38-10-4-3-7-28-20(32)17(25)13-18(26)23(35)31-9-12-37-15-31/h16-19H,1-15,24-27H2,(H,28,32)(H,29,33)/t16-,17?,18-,19?/m0/s1. The molecule has 0 aromatic carbocycles. The molecule has 10 N–H and O–H groups in total. The Balaban J connectivity index is 1.43. The molecule has 2 heterocycles. The lowest BCUT2D eigenvalue weighted by molar-refractivity contribution is -0.132. The number of carbonyl (C=O) groups excluding carboxylic acids is 4. The van der Waals surface area contributed by atoms with Crippen LogP contribution in [0.4, 0.5) is 0 Å². The van der Waals surface area contributed by atoms with Crippen LogP contribution in [0.1, 0.15) is 38.5 Å². The number of hydrogen-bond donors (Lipinski definition) is 6. The summed E-state index contributed by atoms with van der Waals surface area (Å²) in [4.78, 5) is 52.3. The number of rotatable bonds is 18. The van der Waals surface area contributed by atoms with E-state index >= 15 is 0 Å². The number of amides is 4. The molecular formula is C23H44N8O4S4. The number of nitrogens with one attached hydrogen (secondary N) is 2. The molecule has 2 aliphatic rings. The zero-order valence-corrected chi connectivity index (χ0v) is 25.7. The Morgan fingerprint density at radius 1 is 0.744 bits per heavy atom. The minimum Gasteiger partial charge on any atom is -0.355 e. The number of carbonyl (C=O) groups is 4. The molecule has 4 amide bonds. The average molecular weight is 625 g/mol. The highest BCUT2D eigenvalue weighted by atomic mass is 33.1. The molecule has 0 bridgehead atoms. The Labute approximate surface area is 247 Å². The summed E-state index contributed by atoms with van der Waals surface area (Å²) in [6.45, 7) is 2.42. The van der Waals surface area contributed by atoms with E-state index in [1.165, 1.54) is 21.6 Å². The van der Waals surface area contributed by atoms with Crippen molar-refractivity contribution in [1.82, 2.24) is 20.4 Å². The second-order valence-electron chi connectivity index (χ2n) is 9.46. The second kappa shape index (κ2) is 19.3. The normalized spacial score (nSPS) is 18.5. The number of nitrogens with two attached hydrogens (primary N) is 4. The zero-order valence-electron chi connectivity index (χ0n) is 22.4. The number of hydrogen-bond acceptors (Lipinski definition) is 12. The van der Waals surface area contributed by atoms with Crippen LogP contribution in [-0.2, 0) is 19.2 Å². The molecule has 39 heavy (non-hydrogen) atoms. The van der Waals surface area contributed by atoms with Gasteiger partial charge >= 0.3 is 0 Å². The topological polar surface area (TPSA) is 203 Å². The molecule has 0 aromatic rings. The smallest absolute Gasteiger partial charge is 0.248 e. The fourth-order valence-corrected chi connectivity index (χ4v) is 7.84. The van der Waals surface area contributed by atoms with E-state index in [0.717, 1.165) is 55.4 Å². The molecule has 2 unspecified atom stereocenters.